The number of amides is 1. The third-order valence-corrected chi connectivity index (χ3v) is 7.13. The van der Waals surface area contributed by atoms with Crippen molar-refractivity contribution in [1.82, 2.24) is 4.90 Å². The molecule has 0 N–H and O–H groups in total. The molecule has 4 rings (SSSR count). The van der Waals surface area contributed by atoms with Crippen LogP contribution in [0.25, 0.3) is 0 Å². The van der Waals surface area contributed by atoms with E-state index in [9.17, 15) is 9.59 Å². The van der Waals surface area contributed by atoms with E-state index in [1.807, 2.05) is 17.0 Å². The minimum atomic E-state index is -1.41. The van der Waals surface area contributed by atoms with Crippen LogP contribution in [0.1, 0.15) is 44.6 Å². The summed E-state index contributed by atoms with van der Waals surface area (Å²) >= 11 is 2.33. The van der Waals surface area contributed by atoms with Gasteiger partial charge in [-0.25, -0.2) is 4.79 Å². The Bertz CT molecular complexity index is 738. The summed E-state index contributed by atoms with van der Waals surface area (Å²) in [5, 5.41) is 0. The number of esters is 1. The Morgan fingerprint density at radius 3 is 2.96 bits per heavy atom. The molecule has 1 saturated carbocycles. The topological polar surface area (TPSA) is 55.8 Å². The molecule has 2 aliphatic heterocycles. The Kier molecular flexibility index (Phi) is 4.75. The van der Waals surface area contributed by atoms with Crippen LogP contribution in [0.15, 0.2) is 24.3 Å². The number of nitrogens with zero attached hydrogens (tertiary/aromatic N) is 1. The Hall–Kier alpha value is -1.15. The van der Waals surface area contributed by atoms with Crippen LogP contribution < -0.4 is 0 Å². The van der Waals surface area contributed by atoms with E-state index in [-0.39, 0.29) is 18.4 Å². The summed E-state index contributed by atoms with van der Waals surface area (Å²) in [5.74, 6) is -0.469. The summed E-state index contributed by atoms with van der Waals surface area (Å²) in [5.41, 5.74) is -0.797. The molecule has 2 heterocycles. The Labute approximate surface area is 167 Å². The Morgan fingerprint density at radius 1 is 1.38 bits per heavy atom. The molecule has 1 aromatic carbocycles. The fourth-order valence-electron chi connectivity index (χ4n) is 4.90. The maximum absolute atomic E-state index is 13.3. The summed E-state index contributed by atoms with van der Waals surface area (Å²) in [4.78, 5) is 27.8. The molecule has 6 heteroatoms. The van der Waals surface area contributed by atoms with Gasteiger partial charge in [0.05, 0.1) is 6.61 Å². The fraction of sp³-hybridized carbons (Fsp3) is 0.600. The van der Waals surface area contributed by atoms with Crippen LogP contribution in [0.4, 0.5) is 0 Å². The van der Waals surface area contributed by atoms with Crippen molar-refractivity contribution in [3.05, 3.63) is 33.4 Å². The van der Waals surface area contributed by atoms with Crippen molar-refractivity contribution < 1.29 is 19.1 Å². The largest absolute Gasteiger partial charge is 0.463 e. The summed E-state index contributed by atoms with van der Waals surface area (Å²) in [6.45, 7) is 2.61. The molecule has 3 unspecified atom stereocenters. The van der Waals surface area contributed by atoms with Crippen LogP contribution >= 0.6 is 22.6 Å². The minimum absolute atomic E-state index is 0.194. The van der Waals surface area contributed by atoms with E-state index in [0.717, 1.165) is 32.1 Å². The molecule has 0 aromatic heterocycles. The first-order valence-electron chi connectivity index (χ1n) is 9.46. The lowest BCUT2D eigenvalue weighted by atomic mass is 9.74. The van der Waals surface area contributed by atoms with Crippen LogP contribution in [-0.2, 0) is 25.5 Å². The monoisotopic (exact) mass is 469 g/mol. The van der Waals surface area contributed by atoms with Crippen molar-refractivity contribution in [3.63, 3.8) is 0 Å². The molecule has 2 bridgehead atoms. The number of fused-ring (bicyclic) bond motifs is 1. The molecule has 1 amide bonds. The van der Waals surface area contributed by atoms with E-state index in [1.54, 1.807) is 6.92 Å². The molecule has 3 atom stereocenters. The Balaban J connectivity index is 1.63. The molecule has 0 radical (unpaired) electrons. The van der Waals surface area contributed by atoms with Crippen molar-refractivity contribution in [2.24, 2.45) is 5.92 Å². The van der Waals surface area contributed by atoms with Gasteiger partial charge in [-0.1, -0.05) is 24.6 Å². The standard InChI is InChI=1S/C20H24INO4/c1-2-25-18(24)19-13-15-8-5-6-11-20(15,26-19)22(17(19)23)12-10-14-7-3-4-9-16(14)21/h3-4,7,9,15H,2,5-6,8,10-13H2,1H3. The third-order valence-electron chi connectivity index (χ3n) is 6.08. The highest BCUT2D eigenvalue weighted by molar-refractivity contribution is 14.1. The normalized spacial score (nSPS) is 32.6. The van der Waals surface area contributed by atoms with Gasteiger partial charge in [0.1, 0.15) is 5.72 Å². The molecule has 1 aromatic rings. The van der Waals surface area contributed by atoms with Crippen LogP contribution in [0.3, 0.4) is 0 Å². The zero-order valence-corrected chi connectivity index (χ0v) is 17.2. The lowest BCUT2D eigenvalue weighted by Crippen LogP contribution is -2.58. The second-order valence-corrected chi connectivity index (χ2v) is 8.60. The highest BCUT2D eigenvalue weighted by atomic mass is 127. The average molecular weight is 469 g/mol. The summed E-state index contributed by atoms with van der Waals surface area (Å²) in [6.07, 6.45) is 5.23. The summed E-state index contributed by atoms with van der Waals surface area (Å²) in [7, 11) is 0. The molecule has 5 nitrogen and oxygen atoms in total. The zero-order chi connectivity index (χ0) is 18.4. The van der Waals surface area contributed by atoms with Gasteiger partial charge in [-0.3, -0.25) is 4.79 Å². The first-order chi connectivity index (χ1) is 12.5. The number of carbonyl (C=O) groups is 2. The first kappa shape index (κ1) is 18.2. The highest BCUT2D eigenvalue weighted by Gasteiger charge is 2.74. The lowest BCUT2D eigenvalue weighted by molar-refractivity contribution is -0.174. The van der Waals surface area contributed by atoms with Crippen LogP contribution in [-0.4, -0.2) is 41.3 Å². The molecule has 2 saturated heterocycles. The number of hydrogen-bond donors (Lipinski definition) is 0. The van der Waals surface area contributed by atoms with Gasteiger partial charge >= 0.3 is 5.97 Å². The molecular formula is C20H24INO4. The smallest absolute Gasteiger partial charge is 0.348 e. The molecular weight excluding hydrogens is 445 g/mol. The number of rotatable bonds is 5. The van der Waals surface area contributed by atoms with Crippen molar-refractivity contribution in [3.8, 4) is 0 Å². The molecule has 140 valence electrons. The van der Waals surface area contributed by atoms with E-state index in [0.29, 0.717) is 13.0 Å². The first-order valence-corrected chi connectivity index (χ1v) is 10.5. The van der Waals surface area contributed by atoms with Crippen molar-refractivity contribution in [1.29, 1.82) is 0 Å². The van der Waals surface area contributed by atoms with Gasteiger partial charge in [-0.05, 0) is 66.8 Å². The van der Waals surface area contributed by atoms with Crippen molar-refractivity contribution >= 4 is 34.5 Å². The van der Waals surface area contributed by atoms with Crippen molar-refractivity contribution in [2.75, 3.05) is 13.2 Å². The van der Waals surface area contributed by atoms with Gasteiger partial charge in [-0.15, -0.1) is 0 Å². The van der Waals surface area contributed by atoms with Crippen LogP contribution in [0, 0.1) is 9.49 Å². The Morgan fingerprint density at radius 2 is 2.19 bits per heavy atom. The maximum Gasteiger partial charge on any atom is 0.348 e. The molecule has 1 aliphatic carbocycles. The number of halogens is 1. The lowest BCUT2D eigenvalue weighted by Gasteiger charge is -2.44. The minimum Gasteiger partial charge on any atom is -0.463 e. The van der Waals surface area contributed by atoms with Gasteiger partial charge in [0, 0.05) is 22.5 Å². The second kappa shape index (κ2) is 6.78. The number of ether oxygens (including phenoxy) is 2. The quantitative estimate of drug-likeness (QED) is 0.378. The number of likely N-dealkylation sites (tertiary alicyclic amines) is 1. The SMILES string of the molecule is CCOC(=O)C12CC3CCCCC3(O1)N(CCc1ccccc1I)C2=O. The van der Waals surface area contributed by atoms with Gasteiger partial charge in [0.25, 0.3) is 5.91 Å². The fourth-order valence-corrected chi connectivity index (χ4v) is 5.56. The van der Waals surface area contributed by atoms with Gasteiger partial charge in [-0.2, -0.15) is 0 Å². The number of carbonyl (C=O) groups excluding carboxylic acids is 2. The predicted molar refractivity (Wildman–Crippen MR) is 104 cm³/mol. The highest BCUT2D eigenvalue weighted by Crippen LogP contribution is 2.58. The summed E-state index contributed by atoms with van der Waals surface area (Å²) < 4.78 is 12.7. The molecule has 26 heavy (non-hydrogen) atoms. The van der Waals surface area contributed by atoms with Crippen LogP contribution in [0.5, 0.6) is 0 Å². The van der Waals surface area contributed by atoms with E-state index in [1.165, 1.54) is 9.13 Å². The second-order valence-electron chi connectivity index (χ2n) is 7.44. The number of hydrogen-bond acceptors (Lipinski definition) is 4. The van der Waals surface area contributed by atoms with Crippen LogP contribution in [0.2, 0.25) is 0 Å². The van der Waals surface area contributed by atoms with Crippen molar-refractivity contribution in [2.45, 2.75) is 56.8 Å². The number of benzene rings is 1. The zero-order valence-electron chi connectivity index (χ0n) is 15.0. The molecule has 3 aliphatic rings. The molecule has 1 spiro atoms. The van der Waals surface area contributed by atoms with Gasteiger partial charge in [0.15, 0.2) is 0 Å². The van der Waals surface area contributed by atoms with E-state index in [4.69, 9.17) is 9.47 Å². The van der Waals surface area contributed by atoms with Gasteiger partial charge < -0.3 is 14.4 Å². The van der Waals surface area contributed by atoms with Gasteiger partial charge in [0.2, 0.25) is 5.60 Å². The van der Waals surface area contributed by atoms with E-state index >= 15 is 0 Å². The number of piperidine rings is 1. The molecule has 3 fully saturated rings. The van der Waals surface area contributed by atoms with E-state index in [2.05, 4.69) is 34.7 Å². The third kappa shape index (κ3) is 2.59. The maximum atomic E-state index is 13.3. The average Bonchev–Trinajstić information content (AvgIpc) is 3.10. The summed E-state index contributed by atoms with van der Waals surface area (Å²) in [6, 6.07) is 8.21. The predicted octanol–water partition coefficient (Wildman–Crippen LogP) is 3.28. The van der Waals surface area contributed by atoms with E-state index < -0.39 is 17.3 Å².